The molecule has 6 heteroatoms. The Kier molecular flexibility index (Phi) is 3.79. The summed E-state index contributed by atoms with van der Waals surface area (Å²) in [5.41, 5.74) is 2.07. The summed E-state index contributed by atoms with van der Waals surface area (Å²) in [4.78, 5) is 11.1. The topological polar surface area (TPSA) is 45.5 Å². The van der Waals surface area contributed by atoms with Gasteiger partial charge in [-0.2, -0.15) is 0 Å². The van der Waals surface area contributed by atoms with Gasteiger partial charge in [-0.15, -0.1) is 0 Å². The molecule has 0 radical (unpaired) electrons. The molecule has 0 saturated heterocycles. The minimum Gasteiger partial charge on any atom is -0.372 e. The summed E-state index contributed by atoms with van der Waals surface area (Å²) in [6, 6.07) is 8.28. The van der Waals surface area contributed by atoms with Crippen LogP contribution in [0.15, 0.2) is 47.3 Å². The molecule has 108 valence electrons. The third-order valence-electron chi connectivity index (χ3n) is 3.28. The van der Waals surface area contributed by atoms with Crippen molar-refractivity contribution in [2.75, 3.05) is 24.3 Å². The van der Waals surface area contributed by atoms with Gasteiger partial charge < -0.3 is 14.6 Å². The average Bonchev–Trinajstić information content (AvgIpc) is 2.94. The fraction of sp³-hybridized carbons (Fsp3) is 0.200. The smallest absolute Gasteiger partial charge is 0.180 e. The van der Waals surface area contributed by atoms with Gasteiger partial charge in [0.2, 0.25) is 0 Å². The first-order valence-electron chi connectivity index (χ1n) is 6.64. The van der Waals surface area contributed by atoms with Crippen molar-refractivity contribution in [3.8, 4) is 0 Å². The highest BCUT2D eigenvalue weighted by Gasteiger charge is 2.12. The zero-order valence-corrected chi connectivity index (χ0v) is 13.5. The second-order valence-corrected chi connectivity index (χ2v) is 5.76. The summed E-state index contributed by atoms with van der Waals surface area (Å²) in [6.07, 6.45) is 5.64. The molecule has 2 aromatic heterocycles. The first kappa shape index (κ1) is 13.9. The van der Waals surface area contributed by atoms with E-state index >= 15 is 0 Å². The Morgan fingerprint density at radius 3 is 3.00 bits per heavy atom. The van der Waals surface area contributed by atoms with E-state index in [0.717, 1.165) is 28.3 Å². The van der Waals surface area contributed by atoms with Crippen molar-refractivity contribution < 1.29 is 0 Å². The van der Waals surface area contributed by atoms with Gasteiger partial charge in [0.1, 0.15) is 5.82 Å². The normalized spacial score (nSPS) is 10.8. The second-order valence-electron chi connectivity index (χ2n) is 4.84. The van der Waals surface area contributed by atoms with Gasteiger partial charge in [0, 0.05) is 37.5 Å². The van der Waals surface area contributed by atoms with Gasteiger partial charge in [0.25, 0.3) is 0 Å². The summed E-state index contributed by atoms with van der Waals surface area (Å²) in [7, 11) is 3.89. The van der Waals surface area contributed by atoms with E-state index in [9.17, 15) is 0 Å². The van der Waals surface area contributed by atoms with Gasteiger partial charge >= 0.3 is 0 Å². The van der Waals surface area contributed by atoms with Crippen LogP contribution in [0.4, 0.5) is 11.6 Å². The summed E-state index contributed by atoms with van der Waals surface area (Å²) < 4.78 is 3.06. The third-order valence-corrected chi connectivity index (χ3v) is 3.78. The van der Waals surface area contributed by atoms with Crippen LogP contribution in [0.1, 0.15) is 5.56 Å². The molecule has 2 heterocycles. The number of imidazole rings is 1. The van der Waals surface area contributed by atoms with E-state index in [1.807, 2.05) is 43.0 Å². The largest absolute Gasteiger partial charge is 0.372 e. The Morgan fingerprint density at radius 2 is 2.24 bits per heavy atom. The summed E-state index contributed by atoms with van der Waals surface area (Å²) in [6.45, 7) is 0.766. The number of benzene rings is 1. The van der Waals surface area contributed by atoms with Crippen LogP contribution in [-0.2, 0) is 6.54 Å². The lowest BCUT2D eigenvalue weighted by Gasteiger charge is -2.19. The number of nitrogens with one attached hydrogen (secondary N) is 1. The molecule has 0 aliphatic carbocycles. The Hall–Kier alpha value is -2.08. The van der Waals surface area contributed by atoms with E-state index in [2.05, 4.69) is 48.2 Å². The fourth-order valence-corrected chi connectivity index (χ4v) is 2.72. The van der Waals surface area contributed by atoms with E-state index in [-0.39, 0.29) is 0 Å². The van der Waals surface area contributed by atoms with Gasteiger partial charge in [-0.25, -0.2) is 9.97 Å². The van der Waals surface area contributed by atoms with Gasteiger partial charge in [0.15, 0.2) is 11.5 Å². The van der Waals surface area contributed by atoms with Crippen LogP contribution < -0.4 is 10.2 Å². The molecule has 1 aromatic carbocycles. The number of rotatable bonds is 4. The fourth-order valence-electron chi connectivity index (χ4n) is 2.28. The third kappa shape index (κ3) is 2.85. The number of anilines is 2. The number of halogens is 1. The highest BCUT2D eigenvalue weighted by Crippen LogP contribution is 2.22. The molecule has 0 spiro atoms. The molecule has 0 amide bonds. The lowest BCUT2D eigenvalue weighted by molar-refractivity contribution is 0.892. The molecule has 0 atom stereocenters. The first-order chi connectivity index (χ1) is 10.2. The number of aromatic nitrogens is 3. The molecular weight excluding hydrogens is 330 g/mol. The van der Waals surface area contributed by atoms with Crippen molar-refractivity contribution in [1.82, 2.24) is 14.4 Å². The number of hydrogen-bond acceptors (Lipinski definition) is 4. The maximum Gasteiger partial charge on any atom is 0.180 e. The molecule has 0 aliphatic rings. The maximum atomic E-state index is 4.63. The second kappa shape index (κ2) is 5.73. The molecule has 0 fully saturated rings. The Labute approximate surface area is 131 Å². The molecular formula is C15H16BrN5. The molecule has 0 aliphatic heterocycles. The lowest BCUT2D eigenvalue weighted by atomic mass is 10.2. The van der Waals surface area contributed by atoms with E-state index in [1.54, 1.807) is 6.20 Å². The van der Waals surface area contributed by atoms with Crippen LogP contribution in [-0.4, -0.2) is 28.5 Å². The zero-order chi connectivity index (χ0) is 14.8. The van der Waals surface area contributed by atoms with Gasteiger partial charge in [-0.1, -0.05) is 28.1 Å². The summed E-state index contributed by atoms with van der Waals surface area (Å²) in [5.74, 6) is 1.67. The predicted octanol–water partition coefficient (Wildman–Crippen LogP) is 3.17. The first-order valence-corrected chi connectivity index (χ1v) is 7.43. The van der Waals surface area contributed by atoms with Crippen molar-refractivity contribution in [3.63, 3.8) is 0 Å². The van der Waals surface area contributed by atoms with Crippen LogP contribution in [0.2, 0.25) is 0 Å². The van der Waals surface area contributed by atoms with Gasteiger partial charge in [0.05, 0.1) is 6.20 Å². The van der Waals surface area contributed by atoms with Crippen molar-refractivity contribution in [1.29, 1.82) is 0 Å². The Morgan fingerprint density at radius 1 is 1.38 bits per heavy atom. The van der Waals surface area contributed by atoms with Crippen molar-refractivity contribution in [2.45, 2.75) is 6.54 Å². The summed E-state index contributed by atoms with van der Waals surface area (Å²) >= 11 is 3.50. The van der Waals surface area contributed by atoms with E-state index in [4.69, 9.17) is 0 Å². The van der Waals surface area contributed by atoms with Crippen molar-refractivity contribution in [3.05, 3.63) is 52.9 Å². The highest BCUT2D eigenvalue weighted by atomic mass is 79.9. The van der Waals surface area contributed by atoms with Crippen LogP contribution in [0.25, 0.3) is 5.65 Å². The quantitative estimate of drug-likeness (QED) is 0.788. The molecule has 21 heavy (non-hydrogen) atoms. The highest BCUT2D eigenvalue weighted by molar-refractivity contribution is 9.10. The minimum absolute atomic E-state index is 0.766. The predicted molar refractivity (Wildman–Crippen MR) is 88.8 cm³/mol. The van der Waals surface area contributed by atoms with Crippen molar-refractivity contribution >= 4 is 33.2 Å². The number of nitrogens with zero attached hydrogens (tertiary/aromatic N) is 4. The maximum absolute atomic E-state index is 4.63. The summed E-state index contributed by atoms with van der Waals surface area (Å²) in [5, 5.41) is 3.08. The number of fused-ring (bicyclic) bond motifs is 1. The molecule has 5 nitrogen and oxygen atoms in total. The van der Waals surface area contributed by atoms with Crippen LogP contribution in [0, 0.1) is 0 Å². The molecule has 3 rings (SSSR count). The van der Waals surface area contributed by atoms with Gasteiger partial charge in [-0.05, 0) is 17.7 Å². The van der Waals surface area contributed by atoms with Crippen LogP contribution in [0.3, 0.4) is 0 Å². The van der Waals surface area contributed by atoms with E-state index < -0.39 is 0 Å². The molecule has 0 saturated carbocycles. The monoisotopic (exact) mass is 345 g/mol. The van der Waals surface area contributed by atoms with Crippen LogP contribution in [0.5, 0.6) is 0 Å². The molecule has 3 aromatic rings. The molecule has 0 bridgehead atoms. The molecule has 1 N–H and O–H groups in total. The Bertz CT molecular complexity index is 768. The standard InChI is InChI=1S/C15H16BrN5/c1-17-13-10-21-7-6-18-14(21)15(19-13)20(2)9-11-4-3-5-12(16)8-11/h3-8,10,17H,9H2,1-2H3. The van der Waals surface area contributed by atoms with E-state index in [1.165, 1.54) is 5.56 Å². The minimum atomic E-state index is 0.766. The lowest BCUT2D eigenvalue weighted by Crippen LogP contribution is -2.19. The SMILES string of the molecule is CNc1cn2ccnc2c(N(C)Cc2cccc(Br)c2)n1. The van der Waals surface area contributed by atoms with Gasteiger partial charge in [-0.3, -0.25) is 0 Å². The average molecular weight is 346 g/mol. The van der Waals surface area contributed by atoms with Crippen LogP contribution >= 0.6 is 15.9 Å². The Balaban J connectivity index is 1.97. The van der Waals surface area contributed by atoms with Crippen molar-refractivity contribution in [2.24, 2.45) is 0 Å². The number of hydrogen-bond donors (Lipinski definition) is 1. The molecule has 0 unspecified atom stereocenters. The zero-order valence-electron chi connectivity index (χ0n) is 11.9. The van der Waals surface area contributed by atoms with E-state index in [0.29, 0.717) is 0 Å².